The molecular weight excluding hydrogens is 307 g/mol. The summed E-state index contributed by atoms with van der Waals surface area (Å²) in [7, 11) is -0.770. The fourth-order valence-corrected chi connectivity index (χ4v) is 8.45. The Morgan fingerprint density at radius 2 is 0.727 bits per heavy atom. The molecule has 0 aromatic rings. The topological polar surface area (TPSA) is 0 Å². The molecule has 0 bridgehead atoms. The van der Waals surface area contributed by atoms with Gasteiger partial charge < -0.3 is 0 Å². The van der Waals surface area contributed by atoms with Crippen molar-refractivity contribution in [1.29, 1.82) is 0 Å². The molecule has 2 aliphatic carbocycles. The van der Waals surface area contributed by atoms with E-state index in [9.17, 15) is 0 Å². The van der Waals surface area contributed by atoms with E-state index in [1.807, 2.05) is 0 Å². The van der Waals surface area contributed by atoms with Gasteiger partial charge in [0.15, 0.2) is 0 Å². The van der Waals surface area contributed by atoms with E-state index in [4.69, 9.17) is 11.2 Å². The van der Waals surface area contributed by atoms with Crippen LogP contribution in [0.5, 0.6) is 0 Å². The fraction of sp³-hybridized carbons (Fsp3) is 0.600. The molecule has 0 spiro atoms. The Labute approximate surface area is 142 Å². The van der Waals surface area contributed by atoms with Gasteiger partial charge in [0.1, 0.15) is 0 Å². The molecule has 0 fully saturated rings. The molecule has 0 saturated heterocycles. The third-order valence-corrected chi connectivity index (χ3v) is 12.0. The number of allylic oxidation sites excluding steroid dienone is 8. The van der Waals surface area contributed by atoms with Crippen LogP contribution in [0.2, 0.25) is 0 Å². The van der Waals surface area contributed by atoms with Crippen molar-refractivity contribution in [3.8, 4) is 0 Å². The lowest BCUT2D eigenvalue weighted by Crippen LogP contribution is -2.34. The number of hydrogen-bond donors (Lipinski definition) is 0. The van der Waals surface area contributed by atoms with Crippen LogP contribution in [0.1, 0.15) is 69.2 Å². The molecule has 2 rings (SSSR count). The van der Waals surface area contributed by atoms with Crippen LogP contribution < -0.4 is 0 Å². The van der Waals surface area contributed by atoms with Gasteiger partial charge in [-0.2, -0.15) is 0 Å². The van der Waals surface area contributed by atoms with Crippen LogP contribution in [0.4, 0.5) is 0 Å². The predicted octanol–water partition coefficient (Wildman–Crippen LogP) is 7.51. The van der Waals surface area contributed by atoms with Crippen molar-refractivity contribution in [2.45, 2.75) is 79.5 Å². The first kappa shape index (κ1) is 18.0. The van der Waals surface area contributed by atoms with E-state index < -0.39 is 7.27 Å². The molecule has 0 unspecified atom stereocenters. The van der Waals surface area contributed by atoms with E-state index in [0.29, 0.717) is 0 Å². The summed E-state index contributed by atoms with van der Waals surface area (Å²) in [6.07, 6.45) is 0. The molecule has 0 nitrogen and oxygen atoms in total. The van der Waals surface area contributed by atoms with Crippen molar-refractivity contribution in [3.05, 3.63) is 44.6 Å². The van der Waals surface area contributed by atoms with E-state index in [1.165, 1.54) is 44.6 Å². The zero-order chi connectivity index (χ0) is 17.2. The molecule has 122 valence electrons. The van der Waals surface area contributed by atoms with Gasteiger partial charge in [0.05, 0.1) is 0 Å². The maximum atomic E-state index is 7.34. The van der Waals surface area contributed by atoms with Crippen LogP contribution in [0.15, 0.2) is 44.6 Å². The van der Waals surface area contributed by atoms with Gasteiger partial charge in [0.25, 0.3) is 0 Å². The van der Waals surface area contributed by atoms with Gasteiger partial charge in [0.2, 0.25) is 0 Å². The highest BCUT2D eigenvalue weighted by molar-refractivity contribution is 7.87. The molecule has 22 heavy (non-hydrogen) atoms. The van der Waals surface area contributed by atoms with Crippen molar-refractivity contribution < 1.29 is 0 Å². The Morgan fingerprint density at radius 1 is 0.545 bits per heavy atom. The molecule has 0 saturated carbocycles. The maximum Gasteiger partial charge on any atom is 0.0449 e. The summed E-state index contributed by atoms with van der Waals surface area (Å²) in [6.45, 7) is 22.8. The van der Waals surface area contributed by atoms with Crippen molar-refractivity contribution in [3.63, 3.8) is 0 Å². The minimum Gasteiger partial charge on any atom is -0.0939 e. The second kappa shape index (κ2) is 5.35. The second-order valence-corrected chi connectivity index (χ2v) is 10.8. The highest BCUT2D eigenvalue weighted by Crippen LogP contribution is 2.75. The van der Waals surface area contributed by atoms with E-state index in [1.54, 1.807) is 0 Å². The fourth-order valence-electron chi connectivity index (χ4n) is 4.18. The molecule has 0 heterocycles. The highest BCUT2D eigenvalue weighted by atomic mass is 35.7. The number of hydrogen-bond acceptors (Lipinski definition) is 0. The summed E-state index contributed by atoms with van der Waals surface area (Å²) in [4.78, 5) is 0. The molecule has 0 aliphatic heterocycles. The summed E-state index contributed by atoms with van der Waals surface area (Å²) in [6, 6.07) is 0. The van der Waals surface area contributed by atoms with Crippen molar-refractivity contribution >= 4 is 18.5 Å². The number of rotatable bonds is 2. The third-order valence-electron chi connectivity index (χ3n) is 7.08. The first-order chi connectivity index (χ1) is 9.93. The normalized spacial score (nSPS) is 24.5. The van der Waals surface area contributed by atoms with Crippen LogP contribution in [-0.2, 0) is 0 Å². The number of halogens is 1. The van der Waals surface area contributed by atoms with Crippen molar-refractivity contribution in [1.82, 2.24) is 0 Å². The lowest BCUT2D eigenvalue weighted by atomic mass is 9.96. The lowest BCUT2D eigenvalue weighted by Gasteiger charge is -2.45. The molecule has 0 atom stereocenters. The molecule has 2 aliphatic rings. The zero-order valence-corrected chi connectivity index (χ0v) is 17.5. The minimum absolute atomic E-state index is 0.00672. The van der Waals surface area contributed by atoms with Gasteiger partial charge in [-0.1, -0.05) is 33.5 Å². The molecule has 0 amide bonds. The highest BCUT2D eigenvalue weighted by Gasteiger charge is 2.53. The van der Waals surface area contributed by atoms with Gasteiger partial charge in [-0.25, -0.2) is 0 Å². The van der Waals surface area contributed by atoms with Crippen LogP contribution in [0.3, 0.4) is 0 Å². The average molecular weight is 337 g/mol. The first-order valence-corrected chi connectivity index (χ1v) is 10.4. The van der Waals surface area contributed by atoms with Crippen LogP contribution in [0.25, 0.3) is 0 Å². The molecular formula is C20H30ClP. The van der Waals surface area contributed by atoms with Crippen LogP contribution >= 0.6 is 18.5 Å². The van der Waals surface area contributed by atoms with Gasteiger partial charge in [0, 0.05) is 17.6 Å². The van der Waals surface area contributed by atoms with Gasteiger partial charge in [-0.3, -0.25) is 0 Å². The first-order valence-electron chi connectivity index (χ1n) is 8.12. The van der Waals surface area contributed by atoms with Crippen LogP contribution in [0, 0.1) is 0 Å². The van der Waals surface area contributed by atoms with E-state index in [0.717, 1.165) is 0 Å². The SMILES string of the molecule is CC1=C(C)C(C)(P(Cl)C2(C)C(C)=C(C)C(C)=C2C)C(C)=C1C. The Morgan fingerprint density at radius 3 is 0.909 bits per heavy atom. The summed E-state index contributed by atoms with van der Waals surface area (Å²) in [5.74, 6) is 0. The predicted molar refractivity (Wildman–Crippen MR) is 103 cm³/mol. The van der Waals surface area contributed by atoms with Gasteiger partial charge in [-0.05, 0) is 91.5 Å². The lowest BCUT2D eigenvalue weighted by molar-refractivity contribution is 0.796. The standard InChI is InChI=1S/C20H30ClP/c1-11-12(2)16(6)19(9,15(11)5)22(21)20(10)17(7)13(3)14(4)18(20)8/h1-10H3. The molecule has 0 N–H and O–H groups in total. The van der Waals surface area contributed by atoms with Gasteiger partial charge in [-0.15, -0.1) is 0 Å². The van der Waals surface area contributed by atoms with E-state index in [-0.39, 0.29) is 10.3 Å². The summed E-state index contributed by atoms with van der Waals surface area (Å²) < 4.78 is 0. The Bertz CT molecular complexity index is 564. The minimum atomic E-state index is -0.770. The smallest absolute Gasteiger partial charge is 0.0449 e. The Hall–Kier alpha value is -0.320. The van der Waals surface area contributed by atoms with E-state index in [2.05, 4.69) is 69.2 Å². The Kier molecular flexibility index (Phi) is 4.39. The quantitative estimate of drug-likeness (QED) is 0.457. The molecule has 0 aromatic heterocycles. The van der Waals surface area contributed by atoms with E-state index >= 15 is 0 Å². The third kappa shape index (κ3) is 1.93. The van der Waals surface area contributed by atoms with Crippen LogP contribution in [-0.4, -0.2) is 10.3 Å². The van der Waals surface area contributed by atoms with Crippen molar-refractivity contribution in [2.75, 3.05) is 0 Å². The maximum absolute atomic E-state index is 7.34. The monoisotopic (exact) mass is 336 g/mol. The molecule has 2 heteroatoms. The summed E-state index contributed by atoms with van der Waals surface area (Å²) in [5, 5.41) is -0.0134. The largest absolute Gasteiger partial charge is 0.0939 e. The van der Waals surface area contributed by atoms with Gasteiger partial charge >= 0.3 is 0 Å². The Balaban J connectivity index is 2.66. The zero-order valence-electron chi connectivity index (χ0n) is 15.8. The summed E-state index contributed by atoms with van der Waals surface area (Å²) >= 11 is 7.34. The average Bonchev–Trinajstić information content (AvgIpc) is 2.75. The van der Waals surface area contributed by atoms with Crippen molar-refractivity contribution in [2.24, 2.45) is 0 Å². The molecule has 0 radical (unpaired) electrons. The summed E-state index contributed by atoms with van der Waals surface area (Å²) in [5.41, 5.74) is 11.6. The second-order valence-electron chi connectivity index (χ2n) is 7.43. The molecule has 0 aromatic carbocycles.